The third kappa shape index (κ3) is 5.74. The molecule has 0 saturated carbocycles. The molecule has 0 bridgehead atoms. The average molecular weight is 483 g/mol. The number of nitriles is 1. The monoisotopic (exact) mass is 482 g/mol. The highest BCUT2D eigenvalue weighted by molar-refractivity contribution is 7.89. The molecule has 3 N–H and O–H groups in total. The molecule has 0 aliphatic heterocycles. The Labute approximate surface area is 196 Å². The predicted molar refractivity (Wildman–Crippen MR) is 123 cm³/mol. The van der Waals surface area contributed by atoms with E-state index in [9.17, 15) is 28.4 Å². The van der Waals surface area contributed by atoms with E-state index in [2.05, 4.69) is 10.3 Å². The van der Waals surface area contributed by atoms with Crippen LogP contribution in [0.3, 0.4) is 0 Å². The maximum atomic E-state index is 12.9. The number of fused-ring (bicyclic) bond motifs is 1. The van der Waals surface area contributed by atoms with Gasteiger partial charge in [-0.25, -0.2) is 13.2 Å². The molecular formula is C23H22N4O6S. The minimum absolute atomic E-state index is 0.175. The second kappa shape index (κ2) is 10.4. The van der Waals surface area contributed by atoms with E-state index in [0.717, 1.165) is 16.5 Å². The van der Waals surface area contributed by atoms with E-state index in [1.54, 1.807) is 24.4 Å². The second-order valence-electron chi connectivity index (χ2n) is 7.36. The smallest absolute Gasteiger partial charge is 0.353 e. The number of anilines is 1. The molecule has 2 aromatic carbocycles. The van der Waals surface area contributed by atoms with Crippen LogP contribution in [0.1, 0.15) is 18.9 Å². The number of aromatic nitrogens is 1. The van der Waals surface area contributed by atoms with Gasteiger partial charge in [0.15, 0.2) is 0 Å². The molecule has 1 heterocycles. The number of carboxylic acids is 1. The van der Waals surface area contributed by atoms with Crippen LogP contribution >= 0.6 is 0 Å². The summed E-state index contributed by atoms with van der Waals surface area (Å²) in [5.41, 5.74) is -0.538. The number of hydrogen-bond donors (Lipinski definition) is 3. The Kier molecular flexibility index (Phi) is 7.57. The highest BCUT2D eigenvalue weighted by Crippen LogP contribution is 2.22. The van der Waals surface area contributed by atoms with Crippen LogP contribution < -0.4 is 10.0 Å². The molecule has 176 valence electrons. The first-order valence-corrected chi connectivity index (χ1v) is 11.6. The number of hydrogen-bond acceptors (Lipinski definition) is 7. The normalized spacial score (nSPS) is 13.1. The third-order valence-electron chi connectivity index (χ3n) is 4.91. The quantitative estimate of drug-likeness (QED) is 0.372. The van der Waals surface area contributed by atoms with Crippen molar-refractivity contribution < 1.29 is 27.9 Å². The van der Waals surface area contributed by atoms with Crippen LogP contribution in [0.25, 0.3) is 10.9 Å². The van der Waals surface area contributed by atoms with Gasteiger partial charge in [0.1, 0.15) is 0 Å². The van der Waals surface area contributed by atoms with Gasteiger partial charge in [-0.1, -0.05) is 18.2 Å². The van der Waals surface area contributed by atoms with Crippen LogP contribution in [0, 0.1) is 11.3 Å². The number of nitrogens with one attached hydrogen (secondary N) is 2. The van der Waals surface area contributed by atoms with Crippen LogP contribution in [0.5, 0.6) is 0 Å². The Bertz CT molecular complexity index is 1350. The molecule has 1 atom stereocenters. The highest BCUT2D eigenvalue weighted by atomic mass is 32.2. The maximum Gasteiger partial charge on any atom is 0.353 e. The van der Waals surface area contributed by atoms with Gasteiger partial charge in [-0.15, -0.1) is 0 Å². The second-order valence-corrected chi connectivity index (χ2v) is 9.05. The summed E-state index contributed by atoms with van der Waals surface area (Å²) in [6, 6.07) is 15.9. The topological polar surface area (TPSA) is 158 Å². The predicted octanol–water partition coefficient (Wildman–Crippen LogP) is 2.43. The standard InChI is InChI=1S/C23H22N4O6S/c1-16(28)26-18-7-9-19(10-8-18)34(31,32)27-23(12-13-24,22(29)30)33-15-11-17-4-2-6-21-20(17)5-3-14-25-21/h2-10,14,27H,11-12,15H2,1H3,(H,26,28)(H,29,30). The largest absolute Gasteiger partial charge is 0.478 e. The number of carbonyl (C=O) groups is 2. The zero-order valence-electron chi connectivity index (χ0n) is 18.2. The van der Waals surface area contributed by atoms with E-state index in [1.165, 1.54) is 31.2 Å². The van der Waals surface area contributed by atoms with E-state index in [-0.39, 0.29) is 23.8 Å². The number of aliphatic carboxylic acids is 1. The van der Waals surface area contributed by atoms with Gasteiger partial charge in [-0.05, 0) is 48.4 Å². The zero-order chi connectivity index (χ0) is 24.8. The lowest BCUT2D eigenvalue weighted by atomic mass is 10.1. The minimum atomic E-state index is -4.39. The molecule has 3 aromatic rings. The van der Waals surface area contributed by atoms with Crippen molar-refractivity contribution in [1.29, 1.82) is 5.26 Å². The third-order valence-corrected chi connectivity index (χ3v) is 6.40. The number of benzene rings is 2. The molecule has 10 nitrogen and oxygen atoms in total. The molecule has 0 radical (unpaired) electrons. The Morgan fingerprint density at radius 3 is 2.53 bits per heavy atom. The fourth-order valence-corrected chi connectivity index (χ4v) is 4.59. The highest BCUT2D eigenvalue weighted by Gasteiger charge is 2.44. The molecular weight excluding hydrogens is 460 g/mol. The van der Waals surface area contributed by atoms with Crippen molar-refractivity contribution in [3.63, 3.8) is 0 Å². The summed E-state index contributed by atoms with van der Waals surface area (Å²) in [5.74, 6) is -1.98. The van der Waals surface area contributed by atoms with Gasteiger partial charge in [0.2, 0.25) is 21.7 Å². The van der Waals surface area contributed by atoms with Crippen LogP contribution in [0.2, 0.25) is 0 Å². The lowest BCUT2D eigenvalue weighted by Gasteiger charge is -2.28. The van der Waals surface area contributed by atoms with Gasteiger partial charge in [-0.3, -0.25) is 9.78 Å². The number of ether oxygens (including phenoxy) is 1. The van der Waals surface area contributed by atoms with Crippen LogP contribution in [0.4, 0.5) is 5.69 Å². The van der Waals surface area contributed by atoms with E-state index in [4.69, 9.17) is 4.74 Å². The molecule has 11 heteroatoms. The van der Waals surface area contributed by atoms with Gasteiger partial charge in [0, 0.05) is 24.2 Å². The summed E-state index contributed by atoms with van der Waals surface area (Å²) in [6.07, 6.45) is 1.15. The van der Waals surface area contributed by atoms with E-state index in [0.29, 0.717) is 5.69 Å². The van der Waals surface area contributed by atoms with E-state index < -0.39 is 28.1 Å². The fraction of sp³-hybridized carbons (Fsp3) is 0.217. The van der Waals surface area contributed by atoms with Crippen molar-refractivity contribution in [3.8, 4) is 6.07 Å². The molecule has 0 spiro atoms. The molecule has 0 saturated heterocycles. The van der Waals surface area contributed by atoms with Crippen molar-refractivity contribution in [2.24, 2.45) is 0 Å². The zero-order valence-corrected chi connectivity index (χ0v) is 19.0. The minimum Gasteiger partial charge on any atom is -0.478 e. The summed E-state index contributed by atoms with van der Waals surface area (Å²) in [7, 11) is -4.39. The molecule has 1 aromatic heterocycles. The summed E-state index contributed by atoms with van der Waals surface area (Å²) in [6.45, 7) is 1.13. The number of rotatable bonds is 10. The van der Waals surface area contributed by atoms with Crippen molar-refractivity contribution in [2.75, 3.05) is 11.9 Å². The maximum absolute atomic E-state index is 12.9. The summed E-state index contributed by atoms with van der Waals surface area (Å²) in [4.78, 5) is 27.2. The van der Waals surface area contributed by atoms with Crippen LogP contribution in [-0.4, -0.2) is 42.7 Å². The van der Waals surface area contributed by atoms with Gasteiger partial charge >= 0.3 is 5.97 Å². The first-order chi connectivity index (χ1) is 16.2. The van der Waals surface area contributed by atoms with E-state index in [1.807, 2.05) is 22.9 Å². The molecule has 0 aliphatic carbocycles. The summed E-state index contributed by atoms with van der Waals surface area (Å²) < 4.78 is 33.4. The number of nitrogens with zero attached hydrogens (tertiary/aromatic N) is 2. The molecule has 34 heavy (non-hydrogen) atoms. The van der Waals surface area contributed by atoms with Crippen molar-refractivity contribution in [3.05, 3.63) is 66.4 Å². The number of sulfonamides is 1. The number of carbonyl (C=O) groups excluding carboxylic acids is 1. The summed E-state index contributed by atoms with van der Waals surface area (Å²) >= 11 is 0. The SMILES string of the molecule is CC(=O)Nc1ccc(S(=O)(=O)NC(CC#N)(OCCc2cccc3ncccc23)C(=O)O)cc1. The molecule has 1 unspecified atom stereocenters. The first-order valence-electron chi connectivity index (χ1n) is 10.2. The first kappa shape index (κ1) is 24.8. The van der Waals surface area contributed by atoms with E-state index >= 15 is 0 Å². The number of pyridine rings is 1. The summed E-state index contributed by atoms with van der Waals surface area (Å²) in [5, 5.41) is 22.4. The van der Waals surface area contributed by atoms with Crippen molar-refractivity contribution in [1.82, 2.24) is 9.71 Å². The fourth-order valence-electron chi connectivity index (χ4n) is 3.33. The number of carboxylic acid groups (broad SMARTS) is 1. The van der Waals surface area contributed by atoms with Gasteiger partial charge in [-0.2, -0.15) is 9.98 Å². The molecule has 1 amide bonds. The lowest BCUT2D eigenvalue weighted by molar-refractivity contribution is -0.167. The Morgan fingerprint density at radius 1 is 1.15 bits per heavy atom. The van der Waals surface area contributed by atoms with Gasteiger partial charge in [0.05, 0.1) is 29.5 Å². The molecule has 0 aliphatic rings. The van der Waals surface area contributed by atoms with Crippen molar-refractivity contribution in [2.45, 2.75) is 30.4 Å². The van der Waals surface area contributed by atoms with Crippen LogP contribution in [0.15, 0.2) is 65.7 Å². The van der Waals surface area contributed by atoms with Crippen molar-refractivity contribution >= 4 is 38.5 Å². The molecule has 0 fully saturated rings. The van der Waals surface area contributed by atoms with Gasteiger partial charge < -0.3 is 15.2 Å². The average Bonchev–Trinajstić information content (AvgIpc) is 2.79. The lowest BCUT2D eigenvalue weighted by Crippen LogP contribution is -2.56. The Balaban J connectivity index is 1.82. The van der Waals surface area contributed by atoms with Crippen LogP contribution in [-0.2, 0) is 30.8 Å². The Hall–Kier alpha value is -3.85. The number of amides is 1. The van der Waals surface area contributed by atoms with Gasteiger partial charge in [0.25, 0.3) is 0 Å². The molecule has 3 rings (SSSR count). The Morgan fingerprint density at radius 2 is 1.88 bits per heavy atom.